The third kappa shape index (κ3) is 4.04. The Hall–Kier alpha value is -1.39. The van der Waals surface area contributed by atoms with Crippen molar-refractivity contribution in [3.8, 4) is 0 Å². The summed E-state index contributed by atoms with van der Waals surface area (Å²) in [6.07, 6.45) is 0.279. The van der Waals surface area contributed by atoms with Gasteiger partial charge >= 0.3 is 5.97 Å². The molecule has 1 aromatic rings. The SMILES string of the molecule is CC1(COC(=O)Cc2ccccc2)COC(C)(C)O1. The quantitative estimate of drug-likeness (QED) is 0.783. The van der Waals surface area contributed by atoms with Crippen molar-refractivity contribution < 1.29 is 19.0 Å². The highest BCUT2D eigenvalue weighted by atomic mass is 16.8. The predicted octanol–water partition coefficient (Wildman–Crippen LogP) is 2.31. The molecule has 0 bridgehead atoms. The second kappa shape index (κ2) is 5.31. The molecule has 2 rings (SSSR count). The minimum absolute atomic E-state index is 0.210. The van der Waals surface area contributed by atoms with Gasteiger partial charge in [-0.3, -0.25) is 4.79 Å². The van der Waals surface area contributed by atoms with Gasteiger partial charge in [-0.05, 0) is 26.3 Å². The molecule has 1 atom stereocenters. The van der Waals surface area contributed by atoms with Gasteiger partial charge in [-0.1, -0.05) is 30.3 Å². The van der Waals surface area contributed by atoms with Crippen LogP contribution in [0.5, 0.6) is 0 Å². The van der Waals surface area contributed by atoms with Crippen molar-refractivity contribution >= 4 is 5.97 Å². The van der Waals surface area contributed by atoms with Crippen molar-refractivity contribution in [1.29, 1.82) is 0 Å². The molecule has 1 unspecified atom stereocenters. The summed E-state index contributed by atoms with van der Waals surface area (Å²) < 4.78 is 16.5. The van der Waals surface area contributed by atoms with Gasteiger partial charge in [-0.2, -0.15) is 0 Å². The molecule has 1 fully saturated rings. The van der Waals surface area contributed by atoms with Crippen LogP contribution in [0.1, 0.15) is 26.3 Å². The van der Waals surface area contributed by atoms with Gasteiger partial charge in [0.1, 0.15) is 12.2 Å². The summed E-state index contributed by atoms with van der Waals surface area (Å²) >= 11 is 0. The van der Waals surface area contributed by atoms with Crippen molar-refractivity contribution in [2.45, 2.75) is 38.6 Å². The minimum atomic E-state index is -0.611. The van der Waals surface area contributed by atoms with Crippen LogP contribution in [0.4, 0.5) is 0 Å². The zero-order valence-corrected chi connectivity index (χ0v) is 11.6. The van der Waals surface area contributed by atoms with Crippen LogP contribution in [-0.4, -0.2) is 30.6 Å². The zero-order chi connectivity index (χ0) is 13.9. The largest absolute Gasteiger partial charge is 0.462 e. The minimum Gasteiger partial charge on any atom is -0.462 e. The maximum atomic E-state index is 11.8. The highest BCUT2D eigenvalue weighted by Crippen LogP contribution is 2.30. The monoisotopic (exact) mass is 264 g/mol. The highest BCUT2D eigenvalue weighted by molar-refractivity contribution is 5.72. The number of hydrogen-bond donors (Lipinski definition) is 0. The lowest BCUT2D eigenvalue weighted by Gasteiger charge is -2.24. The van der Waals surface area contributed by atoms with E-state index >= 15 is 0 Å². The molecule has 1 aliphatic rings. The maximum Gasteiger partial charge on any atom is 0.310 e. The van der Waals surface area contributed by atoms with Crippen LogP contribution in [0.15, 0.2) is 30.3 Å². The molecule has 0 spiro atoms. The van der Waals surface area contributed by atoms with E-state index in [1.165, 1.54) is 0 Å². The van der Waals surface area contributed by atoms with Gasteiger partial charge in [0, 0.05) is 0 Å². The van der Waals surface area contributed by atoms with E-state index in [2.05, 4.69) is 0 Å². The van der Waals surface area contributed by atoms with E-state index in [9.17, 15) is 4.79 Å². The Balaban J connectivity index is 1.81. The second-order valence-corrected chi connectivity index (χ2v) is 5.56. The number of esters is 1. The smallest absolute Gasteiger partial charge is 0.310 e. The van der Waals surface area contributed by atoms with E-state index < -0.39 is 11.4 Å². The Morgan fingerprint density at radius 1 is 1.26 bits per heavy atom. The molecule has 0 aromatic heterocycles. The first-order valence-electron chi connectivity index (χ1n) is 6.42. The normalized spacial score (nSPS) is 25.2. The van der Waals surface area contributed by atoms with Crippen LogP contribution in [-0.2, 0) is 25.4 Å². The third-order valence-electron chi connectivity index (χ3n) is 2.95. The topological polar surface area (TPSA) is 44.8 Å². The number of carbonyl (C=O) groups is 1. The Bertz CT molecular complexity index is 441. The predicted molar refractivity (Wildman–Crippen MR) is 70.6 cm³/mol. The van der Waals surface area contributed by atoms with Crippen molar-refractivity contribution in [2.75, 3.05) is 13.2 Å². The van der Waals surface area contributed by atoms with E-state index in [4.69, 9.17) is 14.2 Å². The average molecular weight is 264 g/mol. The van der Waals surface area contributed by atoms with Crippen LogP contribution in [0, 0.1) is 0 Å². The van der Waals surface area contributed by atoms with Gasteiger partial charge in [0.2, 0.25) is 0 Å². The number of benzene rings is 1. The van der Waals surface area contributed by atoms with Crippen molar-refractivity contribution in [3.63, 3.8) is 0 Å². The van der Waals surface area contributed by atoms with Crippen LogP contribution in [0.2, 0.25) is 0 Å². The van der Waals surface area contributed by atoms with Crippen molar-refractivity contribution in [3.05, 3.63) is 35.9 Å². The molecule has 4 nitrogen and oxygen atoms in total. The number of carbonyl (C=O) groups excluding carboxylic acids is 1. The van der Waals surface area contributed by atoms with Crippen LogP contribution in [0.25, 0.3) is 0 Å². The Morgan fingerprint density at radius 3 is 2.53 bits per heavy atom. The molecule has 1 aliphatic heterocycles. The van der Waals surface area contributed by atoms with Crippen LogP contribution >= 0.6 is 0 Å². The highest BCUT2D eigenvalue weighted by Gasteiger charge is 2.42. The van der Waals surface area contributed by atoms with Gasteiger partial charge in [0.05, 0.1) is 13.0 Å². The number of ether oxygens (including phenoxy) is 3. The summed E-state index contributed by atoms with van der Waals surface area (Å²) in [6.45, 7) is 6.23. The fraction of sp³-hybridized carbons (Fsp3) is 0.533. The lowest BCUT2D eigenvalue weighted by molar-refractivity contribution is -0.175. The van der Waals surface area contributed by atoms with E-state index in [-0.39, 0.29) is 19.0 Å². The van der Waals surface area contributed by atoms with Gasteiger partial charge in [-0.15, -0.1) is 0 Å². The number of rotatable bonds is 4. The van der Waals surface area contributed by atoms with Gasteiger partial charge in [0.15, 0.2) is 5.79 Å². The van der Waals surface area contributed by atoms with E-state index in [1.807, 2.05) is 51.1 Å². The van der Waals surface area contributed by atoms with Crippen LogP contribution in [0.3, 0.4) is 0 Å². The van der Waals surface area contributed by atoms with Gasteiger partial charge < -0.3 is 14.2 Å². The van der Waals surface area contributed by atoms with Gasteiger partial charge in [-0.25, -0.2) is 0 Å². The zero-order valence-electron chi connectivity index (χ0n) is 11.6. The molecule has 4 heteroatoms. The molecule has 104 valence electrons. The molecule has 0 saturated carbocycles. The molecule has 19 heavy (non-hydrogen) atoms. The molecule has 1 aromatic carbocycles. The molecule has 0 amide bonds. The fourth-order valence-corrected chi connectivity index (χ4v) is 2.10. The second-order valence-electron chi connectivity index (χ2n) is 5.56. The molecule has 0 radical (unpaired) electrons. The van der Waals surface area contributed by atoms with E-state index in [0.29, 0.717) is 6.61 Å². The van der Waals surface area contributed by atoms with Crippen molar-refractivity contribution in [2.24, 2.45) is 0 Å². The first kappa shape index (κ1) is 14.0. The molecule has 0 N–H and O–H groups in total. The number of hydrogen-bond acceptors (Lipinski definition) is 4. The molecule has 1 heterocycles. The van der Waals surface area contributed by atoms with E-state index in [0.717, 1.165) is 5.56 Å². The summed E-state index contributed by atoms with van der Waals surface area (Å²) in [4.78, 5) is 11.8. The molecule has 0 aliphatic carbocycles. The van der Waals surface area contributed by atoms with Crippen LogP contribution < -0.4 is 0 Å². The fourth-order valence-electron chi connectivity index (χ4n) is 2.10. The molecule has 1 saturated heterocycles. The summed E-state index contributed by atoms with van der Waals surface area (Å²) in [6, 6.07) is 9.53. The summed E-state index contributed by atoms with van der Waals surface area (Å²) in [7, 11) is 0. The maximum absolute atomic E-state index is 11.8. The standard InChI is InChI=1S/C15H20O4/c1-14(2)18-11-15(3,19-14)10-17-13(16)9-12-7-5-4-6-8-12/h4-8H,9-11H2,1-3H3. The molecular weight excluding hydrogens is 244 g/mol. The van der Waals surface area contributed by atoms with Gasteiger partial charge in [0.25, 0.3) is 0 Å². The van der Waals surface area contributed by atoms with E-state index in [1.54, 1.807) is 0 Å². The lowest BCUT2D eigenvalue weighted by Crippen LogP contribution is -2.37. The molecular formula is C15H20O4. The lowest BCUT2D eigenvalue weighted by atomic mass is 10.1. The Labute approximate surface area is 113 Å². The Morgan fingerprint density at radius 2 is 1.95 bits per heavy atom. The first-order chi connectivity index (χ1) is 8.89. The first-order valence-corrected chi connectivity index (χ1v) is 6.42. The average Bonchev–Trinajstić information content (AvgIpc) is 2.63. The Kier molecular flexibility index (Phi) is 3.92. The summed E-state index contributed by atoms with van der Waals surface area (Å²) in [5, 5.41) is 0. The summed E-state index contributed by atoms with van der Waals surface area (Å²) in [5.74, 6) is -0.860. The van der Waals surface area contributed by atoms with Crippen molar-refractivity contribution in [1.82, 2.24) is 0 Å². The summed E-state index contributed by atoms with van der Waals surface area (Å²) in [5.41, 5.74) is 0.386. The third-order valence-corrected chi connectivity index (χ3v) is 2.95.